The van der Waals surface area contributed by atoms with Crippen LogP contribution in [-0.2, 0) is 0 Å². The minimum Gasteiger partial charge on any atom is -0.438 e. The first-order chi connectivity index (χ1) is 9.33. The maximum Gasteiger partial charge on any atom is 0.204 e. The van der Waals surface area contributed by atoms with Gasteiger partial charge >= 0.3 is 0 Å². The van der Waals surface area contributed by atoms with Crippen LogP contribution >= 0.6 is 11.6 Å². The topological polar surface area (TPSA) is 38.1 Å². The highest BCUT2D eigenvalue weighted by atomic mass is 35.5. The van der Waals surface area contributed by atoms with Crippen molar-refractivity contribution in [1.82, 2.24) is 4.98 Å². The fraction of sp³-hybridized carbons (Fsp3) is 0.133. The first-order valence-electron chi connectivity index (χ1n) is 6.20. The zero-order valence-electron chi connectivity index (χ0n) is 10.1. The maximum atomic E-state index is 6.13. The summed E-state index contributed by atoms with van der Waals surface area (Å²) in [6, 6.07) is 13.9. The molecule has 2 heterocycles. The summed E-state index contributed by atoms with van der Waals surface area (Å²) < 4.78 is 5.86. The molecule has 0 aliphatic carbocycles. The van der Waals surface area contributed by atoms with Crippen LogP contribution < -0.4 is 5.32 Å². The van der Waals surface area contributed by atoms with Gasteiger partial charge in [-0.25, -0.2) is 4.98 Å². The lowest BCUT2D eigenvalue weighted by molar-refractivity contribution is 0.512. The van der Waals surface area contributed by atoms with Gasteiger partial charge in [0, 0.05) is 12.2 Å². The average Bonchev–Trinajstić information content (AvgIpc) is 3.02. The van der Waals surface area contributed by atoms with E-state index in [1.807, 2.05) is 30.3 Å². The standard InChI is InChI=1S/C15H11ClN2O/c16-11-5-3-7-13-14(11)19-15(18-13)10-8-17-12-6-2-1-4-9(10)12/h1-7,10,17H,8H2. The first kappa shape index (κ1) is 10.9. The molecule has 1 aromatic heterocycles. The van der Waals surface area contributed by atoms with Gasteiger partial charge in [0.1, 0.15) is 5.52 Å². The van der Waals surface area contributed by atoms with E-state index in [1.54, 1.807) is 0 Å². The molecule has 1 aliphatic rings. The van der Waals surface area contributed by atoms with Crippen molar-refractivity contribution >= 4 is 28.4 Å². The van der Waals surface area contributed by atoms with Crippen molar-refractivity contribution in [2.75, 3.05) is 11.9 Å². The molecule has 0 amide bonds. The lowest BCUT2D eigenvalue weighted by Gasteiger charge is -2.04. The average molecular weight is 271 g/mol. The summed E-state index contributed by atoms with van der Waals surface area (Å²) in [6.45, 7) is 0.809. The molecular formula is C15H11ClN2O. The van der Waals surface area contributed by atoms with Crippen molar-refractivity contribution in [3.63, 3.8) is 0 Å². The summed E-state index contributed by atoms with van der Waals surface area (Å²) in [5.74, 6) is 0.875. The number of aromatic nitrogens is 1. The Morgan fingerprint density at radius 1 is 1.16 bits per heavy atom. The van der Waals surface area contributed by atoms with Crippen LogP contribution in [0, 0.1) is 0 Å². The third kappa shape index (κ3) is 1.62. The zero-order chi connectivity index (χ0) is 12.8. The van der Waals surface area contributed by atoms with E-state index in [4.69, 9.17) is 16.0 Å². The second-order valence-electron chi connectivity index (χ2n) is 4.66. The molecule has 1 atom stereocenters. The minimum absolute atomic E-state index is 0.152. The largest absolute Gasteiger partial charge is 0.438 e. The number of rotatable bonds is 1. The molecule has 4 heteroatoms. The van der Waals surface area contributed by atoms with Crippen LogP contribution in [0.1, 0.15) is 17.4 Å². The number of hydrogen-bond acceptors (Lipinski definition) is 3. The molecule has 94 valence electrons. The highest BCUT2D eigenvalue weighted by molar-refractivity contribution is 6.34. The van der Waals surface area contributed by atoms with Crippen molar-refractivity contribution < 1.29 is 4.42 Å². The predicted molar refractivity (Wildman–Crippen MR) is 75.8 cm³/mol. The fourth-order valence-corrected chi connectivity index (χ4v) is 2.79. The number of nitrogens with zero attached hydrogens (tertiary/aromatic N) is 1. The molecule has 3 aromatic rings. The highest BCUT2D eigenvalue weighted by Gasteiger charge is 2.27. The van der Waals surface area contributed by atoms with Crippen molar-refractivity contribution in [3.05, 3.63) is 58.9 Å². The molecular weight excluding hydrogens is 260 g/mol. The van der Waals surface area contributed by atoms with Gasteiger partial charge in [0.15, 0.2) is 5.58 Å². The molecule has 19 heavy (non-hydrogen) atoms. The molecule has 0 saturated carbocycles. The summed E-state index contributed by atoms with van der Waals surface area (Å²) in [7, 11) is 0. The third-order valence-electron chi connectivity index (χ3n) is 3.51. The van der Waals surface area contributed by atoms with Crippen molar-refractivity contribution in [2.45, 2.75) is 5.92 Å². The summed E-state index contributed by atoms with van der Waals surface area (Å²) >= 11 is 6.13. The number of halogens is 1. The van der Waals surface area contributed by atoms with Gasteiger partial charge < -0.3 is 9.73 Å². The van der Waals surface area contributed by atoms with Crippen LogP contribution in [0.15, 0.2) is 46.9 Å². The fourth-order valence-electron chi connectivity index (χ4n) is 2.59. The molecule has 4 rings (SSSR count). The molecule has 0 fully saturated rings. The number of anilines is 1. The van der Waals surface area contributed by atoms with E-state index in [2.05, 4.69) is 22.4 Å². The number of para-hydroxylation sites is 2. The molecule has 1 unspecified atom stereocenters. The van der Waals surface area contributed by atoms with Gasteiger partial charge in [-0.2, -0.15) is 0 Å². The second-order valence-corrected chi connectivity index (χ2v) is 5.07. The zero-order valence-corrected chi connectivity index (χ0v) is 10.8. The Kier molecular flexibility index (Phi) is 2.29. The van der Waals surface area contributed by atoms with E-state index in [-0.39, 0.29) is 5.92 Å². The number of hydrogen-bond donors (Lipinski definition) is 1. The van der Waals surface area contributed by atoms with Crippen molar-refractivity contribution in [2.24, 2.45) is 0 Å². The van der Waals surface area contributed by atoms with Gasteiger partial charge in [-0.3, -0.25) is 0 Å². The Hall–Kier alpha value is -2.00. The first-order valence-corrected chi connectivity index (χ1v) is 6.58. The Morgan fingerprint density at radius 2 is 2.05 bits per heavy atom. The number of oxazole rings is 1. The monoisotopic (exact) mass is 270 g/mol. The van der Waals surface area contributed by atoms with E-state index >= 15 is 0 Å². The van der Waals surface area contributed by atoms with Crippen LogP contribution in [0.3, 0.4) is 0 Å². The van der Waals surface area contributed by atoms with Crippen LogP contribution in [0.2, 0.25) is 5.02 Å². The van der Waals surface area contributed by atoms with E-state index in [0.717, 1.165) is 23.6 Å². The quantitative estimate of drug-likeness (QED) is 0.725. The van der Waals surface area contributed by atoms with Crippen LogP contribution in [0.5, 0.6) is 0 Å². The number of benzene rings is 2. The van der Waals surface area contributed by atoms with E-state index in [0.29, 0.717) is 10.6 Å². The normalized spacial score (nSPS) is 17.4. The van der Waals surface area contributed by atoms with E-state index in [9.17, 15) is 0 Å². The Balaban J connectivity index is 1.86. The van der Waals surface area contributed by atoms with Gasteiger partial charge in [-0.15, -0.1) is 0 Å². The molecule has 3 nitrogen and oxygen atoms in total. The second kappa shape index (κ2) is 4.00. The maximum absolute atomic E-state index is 6.13. The van der Waals surface area contributed by atoms with Gasteiger partial charge in [-0.05, 0) is 23.8 Å². The van der Waals surface area contributed by atoms with Crippen molar-refractivity contribution in [1.29, 1.82) is 0 Å². The summed E-state index contributed by atoms with van der Waals surface area (Å²) in [5.41, 5.74) is 3.86. The molecule has 0 bridgehead atoms. The van der Waals surface area contributed by atoms with Gasteiger partial charge in [-0.1, -0.05) is 35.9 Å². The Bertz CT molecular complexity index is 766. The summed E-state index contributed by atoms with van der Waals surface area (Å²) in [5, 5.41) is 3.98. The summed E-state index contributed by atoms with van der Waals surface area (Å²) in [6.07, 6.45) is 0. The van der Waals surface area contributed by atoms with Gasteiger partial charge in [0.05, 0.1) is 10.9 Å². The number of nitrogens with one attached hydrogen (secondary N) is 1. The van der Waals surface area contributed by atoms with Gasteiger partial charge in [0.2, 0.25) is 5.89 Å². The Morgan fingerprint density at radius 3 is 2.95 bits per heavy atom. The van der Waals surface area contributed by atoms with Crippen LogP contribution in [-0.4, -0.2) is 11.5 Å². The minimum atomic E-state index is 0.152. The predicted octanol–water partition coefficient (Wildman–Crippen LogP) is 4.04. The Labute approximate surface area is 115 Å². The highest BCUT2D eigenvalue weighted by Crippen LogP contribution is 2.37. The molecule has 1 aliphatic heterocycles. The molecule has 0 saturated heterocycles. The van der Waals surface area contributed by atoms with Crippen molar-refractivity contribution in [3.8, 4) is 0 Å². The van der Waals surface area contributed by atoms with E-state index < -0.39 is 0 Å². The summed E-state index contributed by atoms with van der Waals surface area (Å²) in [4.78, 5) is 4.56. The molecule has 2 aromatic carbocycles. The lowest BCUT2D eigenvalue weighted by atomic mass is 10.0. The SMILES string of the molecule is Clc1cccc2nc(C3CNc4ccccc43)oc12. The third-order valence-corrected chi connectivity index (χ3v) is 3.81. The number of fused-ring (bicyclic) bond motifs is 2. The van der Waals surface area contributed by atoms with Crippen LogP contribution in [0.4, 0.5) is 5.69 Å². The lowest BCUT2D eigenvalue weighted by Crippen LogP contribution is -2.03. The van der Waals surface area contributed by atoms with Crippen LogP contribution in [0.25, 0.3) is 11.1 Å². The van der Waals surface area contributed by atoms with Gasteiger partial charge in [0.25, 0.3) is 0 Å². The smallest absolute Gasteiger partial charge is 0.204 e. The molecule has 0 spiro atoms. The molecule has 1 N–H and O–H groups in total. The molecule has 0 radical (unpaired) electrons. The van der Waals surface area contributed by atoms with E-state index in [1.165, 1.54) is 5.56 Å².